The van der Waals surface area contributed by atoms with Crippen molar-refractivity contribution in [2.45, 2.75) is 19.5 Å². The van der Waals surface area contributed by atoms with Gasteiger partial charge in [-0.15, -0.1) is 0 Å². The predicted octanol–water partition coefficient (Wildman–Crippen LogP) is 4.49. The normalized spacial score (nSPS) is 10.9. The maximum absolute atomic E-state index is 14.2. The van der Waals surface area contributed by atoms with Gasteiger partial charge in [0.25, 0.3) is 5.91 Å². The fraction of sp³-hybridized carbons (Fsp3) is 0.261. The standard InChI is InChI=1S/C23H24F2N2O2/c1-29-15-5-14-27(23(28)21-7-2-3-8-22(21)25)17-20-6-4-13-26(20)16-18-9-11-19(24)12-10-18/h2-4,6-13H,5,14-17H2,1H3. The number of aromatic nitrogens is 1. The van der Waals surface area contributed by atoms with Gasteiger partial charge in [-0.1, -0.05) is 24.3 Å². The number of ether oxygens (including phenoxy) is 1. The fourth-order valence-electron chi connectivity index (χ4n) is 3.19. The molecule has 0 bridgehead atoms. The maximum atomic E-state index is 14.2. The quantitative estimate of drug-likeness (QED) is 0.498. The molecule has 0 aliphatic rings. The minimum Gasteiger partial charge on any atom is -0.385 e. The van der Waals surface area contributed by atoms with E-state index in [0.29, 0.717) is 32.7 Å². The first-order valence-corrected chi connectivity index (χ1v) is 9.49. The summed E-state index contributed by atoms with van der Waals surface area (Å²) < 4.78 is 34.4. The molecule has 4 nitrogen and oxygen atoms in total. The second kappa shape index (κ2) is 9.98. The van der Waals surface area contributed by atoms with Crippen LogP contribution in [0.25, 0.3) is 0 Å². The Balaban J connectivity index is 1.79. The van der Waals surface area contributed by atoms with Crippen LogP contribution in [0.3, 0.4) is 0 Å². The van der Waals surface area contributed by atoms with Crippen LogP contribution in [0.2, 0.25) is 0 Å². The van der Waals surface area contributed by atoms with E-state index in [1.165, 1.54) is 24.3 Å². The molecule has 0 radical (unpaired) electrons. The zero-order valence-electron chi connectivity index (χ0n) is 16.4. The van der Waals surface area contributed by atoms with E-state index < -0.39 is 5.82 Å². The number of carbonyl (C=O) groups excluding carboxylic acids is 1. The van der Waals surface area contributed by atoms with Crippen LogP contribution in [0.4, 0.5) is 8.78 Å². The molecule has 0 saturated carbocycles. The number of halogens is 2. The van der Waals surface area contributed by atoms with E-state index in [2.05, 4.69) is 0 Å². The van der Waals surface area contributed by atoms with Crippen molar-refractivity contribution in [2.75, 3.05) is 20.3 Å². The molecule has 1 heterocycles. The Bertz CT molecular complexity index is 938. The van der Waals surface area contributed by atoms with Crippen molar-refractivity contribution in [3.8, 4) is 0 Å². The van der Waals surface area contributed by atoms with Crippen LogP contribution in [0.15, 0.2) is 66.9 Å². The van der Waals surface area contributed by atoms with Gasteiger partial charge in [-0.3, -0.25) is 4.79 Å². The van der Waals surface area contributed by atoms with Gasteiger partial charge in [0.2, 0.25) is 0 Å². The molecule has 3 rings (SSSR count). The summed E-state index contributed by atoms with van der Waals surface area (Å²) in [6, 6.07) is 16.2. The van der Waals surface area contributed by atoms with Crippen LogP contribution in [0.1, 0.15) is 28.0 Å². The summed E-state index contributed by atoms with van der Waals surface area (Å²) in [5.74, 6) is -1.16. The first kappa shape index (κ1) is 20.7. The van der Waals surface area contributed by atoms with E-state index >= 15 is 0 Å². The van der Waals surface area contributed by atoms with Crippen LogP contribution in [0, 0.1) is 11.6 Å². The predicted molar refractivity (Wildman–Crippen MR) is 108 cm³/mol. The number of rotatable bonds is 9. The highest BCUT2D eigenvalue weighted by atomic mass is 19.1. The third-order valence-corrected chi connectivity index (χ3v) is 4.71. The van der Waals surface area contributed by atoms with Crippen LogP contribution < -0.4 is 0 Å². The lowest BCUT2D eigenvalue weighted by molar-refractivity contribution is 0.0715. The average molecular weight is 398 g/mol. The molecule has 29 heavy (non-hydrogen) atoms. The lowest BCUT2D eigenvalue weighted by Gasteiger charge is -2.24. The Morgan fingerprint density at radius 1 is 1.03 bits per heavy atom. The van der Waals surface area contributed by atoms with Gasteiger partial charge in [-0.25, -0.2) is 8.78 Å². The number of hydrogen-bond donors (Lipinski definition) is 0. The van der Waals surface area contributed by atoms with Gasteiger partial charge < -0.3 is 14.2 Å². The Kier molecular flexibility index (Phi) is 7.14. The summed E-state index contributed by atoms with van der Waals surface area (Å²) in [7, 11) is 1.61. The number of benzene rings is 2. The number of methoxy groups -OCH3 is 1. The van der Waals surface area contributed by atoms with Crippen molar-refractivity contribution >= 4 is 5.91 Å². The van der Waals surface area contributed by atoms with Crippen molar-refractivity contribution in [3.63, 3.8) is 0 Å². The molecular weight excluding hydrogens is 374 g/mol. The molecule has 2 aromatic carbocycles. The van der Waals surface area contributed by atoms with E-state index in [1.54, 1.807) is 36.3 Å². The first-order chi connectivity index (χ1) is 14.1. The first-order valence-electron chi connectivity index (χ1n) is 9.49. The van der Waals surface area contributed by atoms with E-state index in [1.807, 2.05) is 22.9 Å². The third kappa shape index (κ3) is 5.51. The summed E-state index contributed by atoms with van der Waals surface area (Å²) in [6.07, 6.45) is 2.56. The Labute approximate surface area is 169 Å². The van der Waals surface area contributed by atoms with Gasteiger partial charge in [0.15, 0.2) is 0 Å². The second-order valence-corrected chi connectivity index (χ2v) is 6.81. The van der Waals surface area contributed by atoms with Gasteiger partial charge in [-0.2, -0.15) is 0 Å². The number of hydrogen-bond acceptors (Lipinski definition) is 2. The lowest BCUT2D eigenvalue weighted by atomic mass is 10.1. The van der Waals surface area contributed by atoms with Crippen molar-refractivity contribution in [1.82, 2.24) is 9.47 Å². The van der Waals surface area contributed by atoms with Crippen molar-refractivity contribution in [3.05, 3.63) is 95.3 Å². The van der Waals surface area contributed by atoms with Crippen LogP contribution >= 0.6 is 0 Å². The van der Waals surface area contributed by atoms with E-state index in [-0.39, 0.29) is 17.3 Å². The van der Waals surface area contributed by atoms with Crippen molar-refractivity contribution in [1.29, 1.82) is 0 Å². The maximum Gasteiger partial charge on any atom is 0.257 e. The summed E-state index contributed by atoms with van der Waals surface area (Å²) >= 11 is 0. The zero-order chi connectivity index (χ0) is 20.6. The number of amides is 1. The minimum absolute atomic E-state index is 0.0570. The summed E-state index contributed by atoms with van der Waals surface area (Å²) in [5, 5.41) is 0. The van der Waals surface area contributed by atoms with E-state index in [9.17, 15) is 13.6 Å². The SMILES string of the molecule is COCCCN(Cc1cccn1Cc1ccc(F)cc1)C(=O)c1ccccc1F. The van der Waals surface area contributed by atoms with Crippen molar-refractivity contribution in [2.24, 2.45) is 0 Å². The molecule has 6 heteroatoms. The monoisotopic (exact) mass is 398 g/mol. The number of nitrogens with zero attached hydrogens (tertiary/aromatic N) is 2. The minimum atomic E-state index is -0.532. The molecule has 0 unspecified atom stereocenters. The van der Waals surface area contributed by atoms with Crippen LogP contribution in [-0.2, 0) is 17.8 Å². The van der Waals surface area contributed by atoms with Gasteiger partial charge >= 0.3 is 0 Å². The topological polar surface area (TPSA) is 34.5 Å². The summed E-state index contributed by atoms with van der Waals surface area (Å²) in [4.78, 5) is 14.6. The third-order valence-electron chi connectivity index (χ3n) is 4.71. The highest BCUT2D eigenvalue weighted by Crippen LogP contribution is 2.16. The summed E-state index contributed by atoms with van der Waals surface area (Å²) in [5.41, 5.74) is 1.92. The molecule has 0 fully saturated rings. The Morgan fingerprint density at radius 2 is 1.79 bits per heavy atom. The zero-order valence-corrected chi connectivity index (χ0v) is 16.4. The fourth-order valence-corrected chi connectivity index (χ4v) is 3.19. The molecule has 0 saturated heterocycles. The molecule has 152 valence electrons. The Hall–Kier alpha value is -2.99. The smallest absolute Gasteiger partial charge is 0.257 e. The highest BCUT2D eigenvalue weighted by Gasteiger charge is 2.20. The summed E-state index contributed by atoms with van der Waals surface area (Å²) in [6.45, 7) is 1.86. The van der Waals surface area contributed by atoms with E-state index in [4.69, 9.17) is 4.74 Å². The van der Waals surface area contributed by atoms with Gasteiger partial charge in [0, 0.05) is 38.7 Å². The lowest BCUT2D eigenvalue weighted by Crippen LogP contribution is -2.33. The molecule has 0 N–H and O–H groups in total. The second-order valence-electron chi connectivity index (χ2n) is 6.81. The molecule has 1 amide bonds. The van der Waals surface area contributed by atoms with E-state index in [0.717, 1.165) is 11.3 Å². The van der Waals surface area contributed by atoms with Gasteiger partial charge in [0.05, 0.1) is 12.1 Å². The highest BCUT2D eigenvalue weighted by molar-refractivity contribution is 5.94. The number of carbonyl (C=O) groups is 1. The molecule has 1 aromatic heterocycles. The largest absolute Gasteiger partial charge is 0.385 e. The molecule has 0 aliphatic carbocycles. The molecule has 3 aromatic rings. The van der Waals surface area contributed by atoms with Gasteiger partial charge in [0.1, 0.15) is 11.6 Å². The average Bonchev–Trinajstić information content (AvgIpc) is 3.15. The van der Waals surface area contributed by atoms with Crippen LogP contribution in [0.5, 0.6) is 0 Å². The van der Waals surface area contributed by atoms with Crippen LogP contribution in [-0.4, -0.2) is 35.6 Å². The molecule has 0 atom stereocenters. The molecular formula is C23H24F2N2O2. The molecule has 0 spiro atoms. The van der Waals surface area contributed by atoms with Gasteiger partial charge in [-0.05, 0) is 48.4 Å². The van der Waals surface area contributed by atoms with Crippen molar-refractivity contribution < 1.29 is 18.3 Å². The molecule has 0 aliphatic heterocycles. The Morgan fingerprint density at radius 3 is 2.52 bits per heavy atom.